The second-order valence-electron chi connectivity index (χ2n) is 5.13. The molecule has 2 aromatic carbocycles. The molecular formula is C14H17N2O7PS2. The van der Waals surface area contributed by atoms with Gasteiger partial charge in [0.05, 0.1) is 23.0 Å². The molecule has 0 heterocycles. The molecule has 0 radical (unpaired) electrons. The standard InChI is InChI=1S/C14H17N2O7PS2/c15-25(18,19)13-7-3-1-5-11(13)9-22-24(17)23-10-12-6-2-4-8-14(12)26(16,20)21/h1-8,24H,9-10H2,(H2,15,18,19)(H2,16,20,21). The smallest absolute Gasteiger partial charge is 0.306 e. The van der Waals surface area contributed by atoms with Crippen molar-refractivity contribution in [1.82, 2.24) is 0 Å². The molecule has 12 heteroatoms. The van der Waals surface area contributed by atoms with Crippen LogP contribution in [0.1, 0.15) is 11.1 Å². The fourth-order valence-electron chi connectivity index (χ4n) is 2.12. The zero-order valence-electron chi connectivity index (χ0n) is 13.4. The zero-order valence-corrected chi connectivity index (χ0v) is 16.0. The van der Waals surface area contributed by atoms with Crippen molar-refractivity contribution in [1.29, 1.82) is 0 Å². The molecule has 0 fully saturated rings. The van der Waals surface area contributed by atoms with Crippen LogP contribution >= 0.6 is 8.25 Å². The Morgan fingerprint density at radius 2 is 1.08 bits per heavy atom. The molecule has 0 amide bonds. The quantitative estimate of drug-likeness (QED) is 0.606. The van der Waals surface area contributed by atoms with Gasteiger partial charge in [-0.25, -0.2) is 27.1 Å². The van der Waals surface area contributed by atoms with Crippen LogP contribution in [-0.4, -0.2) is 16.8 Å². The highest BCUT2D eigenvalue weighted by molar-refractivity contribution is 7.89. The first-order valence-corrected chi connectivity index (χ1v) is 11.4. The van der Waals surface area contributed by atoms with Gasteiger partial charge in [-0.2, -0.15) is 0 Å². The average molecular weight is 420 g/mol. The molecule has 4 N–H and O–H groups in total. The van der Waals surface area contributed by atoms with Crippen LogP contribution < -0.4 is 10.3 Å². The number of primary sulfonamides is 2. The lowest BCUT2D eigenvalue weighted by atomic mass is 10.2. The van der Waals surface area contributed by atoms with E-state index in [-0.39, 0.29) is 34.1 Å². The van der Waals surface area contributed by atoms with Crippen molar-refractivity contribution in [2.75, 3.05) is 0 Å². The Hall–Kier alpha value is -1.59. The summed E-state index contributed by atoms with van der Waals surface area (Å²) >= 11 is 0. The van der Waals surface area contributed by atoms with E-state index in [9.17, 15) is 21.4 Å². The number of nitrogens with two attached hydrogens (primary N) is 2. The molecule has 9 nitrogen and oxygen atoms in total. The second kappa shape index (κ2) is 8.40. The molecule has 0 unspecified atom stereocenters. The largest absolute Gasteiger partial charge is 0.319 e. The molecule has 2 aromatic rings. The summed E-state index contributed by atoms with van der Waals surface area (Å²) in [5.74, 6) is 0. The van der Waals surface area contributed by atoms with Gasteiger partial charge in [0.1, 0.15) is 0 Å². The maximum absolute atomic E-state index is 11.9. The first-order valence-electron chi connectivity index (χ1n) is 7.10. The third-order valence-corrected chi connectivity index (χ3v) is 6.03. The Bertz CT molecular complexity index is 942. The third kappa shape index (κ3) is 5.71. The summed E-state index contributed by atoms with van der Waals surface area (Å²) in [6.45, 7) is -0.609. The highest BCUT2D eigenvalue weighted by atomic mass is 32.2. The van der Waals surface area contributed by atoms with Crippen LogP contribution in [0.25, 0.3) is 0 Å². The van der Waals surface area contributed by atoms with Crippen LogP contribution in [0, 0.1) is 0 Å². The van der Waals surface area contributed by atoms with Crippen molar-refractivity contribution in [3.63, 3.8) is 0 Å². The molecule has 0 spiro atoms. The molecule has 0 aliphatic heterocycles. The zero-order chi connectivity index (χ0) is 19.4. The lowest BCUT2D eigenvalue weighted by Gasteiger charge is -2.10. The van der Waals surface area contributed by atoms with E-state index in [0.717, 1.165) is 0 Å². The third-order valence-electron chi connectivity index (χ3n) is 3.25. The van der Waals surface area contributed by atoms with E-state index in [1.54, 1.807) is 12.1 Å². The summed E-state index contributed by atoms with van der Waals surface area (Å²) < 4.78 is 67.9. The first-order chi connectivity index (χ1) is 12.1. The van der Waals surface area contributed by atoms with Crippen molar-refractivity contribution < 1.29 is 30.4 Å². The van der Waals surface area contributed by atoms with Gasteiger partial charge in [0, 0.05) is 0 Å². The number of rotatable bonds is 8. The van der Waals surface area contributed by atoms with Gasteiger partial charge >= 0.3 is 8.25 Å². The van der Waals surface area contributed by atoms with Crippen molar-refractivity contribution in [3.05, 3.63) is 59.7 Å². The predicted octanol–water partition coefficient (Wildman–Crippen LogP) is 1.10. The summed E-state index contributed by atoms with van der Waals surface area (Å²) in [6, 6.07) is 11.7. The number of hydrogen-bond acceptors (Lipinski definition) is 7. The molecule has 0 aliphatic carbocycles. The molecule has 0 aliphatic rings. The van der Waals surface area contributed by atoms with Crippen LogP contribution in [0.4, 0.5) is 0 Å². The average Bonchev–Trinajstić information content (AvgIpc) is 2.57. The van der Waals surface area contributed by atoms with Crippen molar-refractivity contribution >= 4 is 28.3 Å². The van der Waals surface area contributed by atoms with Gasteiger partial charge in [-0.15, -0.1) is 0 Å². The Morgan fingerprint density at radius 3 is 1.42 bits per heavy atom. The predicted molar refractivity (Wildman–Crippen MR) is 94.2 cm³/mol. The molecule has 2 rings (SSSR count). The van der Waals surface area contributed by atoms with Crippen LogP contribution in [0.3, 0.4) is 0 Å². The van der Waals surface area contributed by atoms with Crippen LogP contribution in [0.2, 0.25) is 0 Å². The SMILES string of the molecule is NS(=O)(=O)c1ccccc1CO[PH](=O)OCc1ccccc1S(N)(=O)=O. The van der Waals surface area contributed by atoms with Gasteiger partial charge in [0.15, 0.2) is 0 Å². The minimum absolute atomic E-state index is 0.144. The maximum Gasteiger partial charge on any atom is 0.319 e. The fourth-order valence-corrected chi connectivity index (χ4v) is 4.27. The van der Waals surface area contributed by atoms with E-state index in [4.69, 9.17) is 19.3 Å². The number of hydrogen-bond donors (Lipinski definition) is 2. The maximum atomic E-state index is 11.9. The van der Waals surface area contributed by atoms with E-state index in [0.29, 0.717) is 0 Å². The first kappa shape index (κ1) is 20.7. The molecule has 142 valence electrons. The summed E-state index contributed by atoms with van der Waals surface area (Å²) in [4.78, 5) is -0.288. The topological polar surface area (TPSA) is 156 Å². The van der Waals surface area contributed by atoms with Gasteiger partial charge in [-0.05, 0) is 23.3 Å². The highest BCUT2D eigenvalue weighted by Crippen LogP contribution is 2.29. The molecule has 0 saturated heterocycles. The Balaban J connectivity index is 2.02. The Labute approximate surface area is 152 Å². The van der Waals surface area contributed by atoms with Gasteiger partial charge in [0.25, 0.3) is 0 Å². The fraction of sp³-hybridized carbons (Fsp3) is 0.143. The van der Waals surface area contributed by atoms with Gasteiger partial charge in [-0.1, -0.05) is 36.4 Å². The van der Waals surface area contributed by atoms with Crippen molar-refractivity contribution in [2.24, 2.45) is 10.3 Å². The minimum Gasteiger partial charge on any atom is -0.306 e. The van der Waals surface area contributed by atoms with Crippen LogP contribution in [0.15, 0.2) is 58.3 Å². The van der Waals surface area contributed by atoms with Gasteiger partial charge in [-0.3, -0.25) is 4.57 Å². The molecular weight excluding hydrogens is 403 g/mol. The van der Waals surface area contributed by atoms with E-state index in [1.807, 2.05) is 0 Å². The second-order valence-corrected chi connectivity index (χ2v) is 9.27. The van der Waals surface area contributed by atoms with Gasteiger partial charge < -0.3 is 9.05 Å². The summed E-state index contributed by atoms with van der Waals surface area (Å²) in [7, 11) is -10.9. The highest BCUT2D eigenvalue weighted by Gasteiger charge is 2.16. The Morgan fingerprint density at radius 1 is 0.731 bits per heavy atom. The summed E-state index contributed by atoms with van der Waals surface area (Å²) in [6.07, 6.45) is 0. The van der Waals surface area contributed by atoms with E-state index >= 15 is 0 Å². The van der Waals surface area contributed by atoms with Crippen molar-refractivity contribution in [3.8, 4) is 0 Å². The van der Waals surface area contributed by atoms with Gasteiger partial charge in [0.2, 0.25) is 20.0 Å². The van der Waals surface area contributed by atoms with Crippen LogP contribution in [-0.2, 0) is 46.9 Å². The number of sulfonamides is 2. The molecule has 0 saturated carbocycles. The molecule has 0 bridgehead atoms. The molecule has 0 atom stereocenters. The molecule has 0 aromatic heterocycles. The minimum atomic E-state index is -3.95. The summed E-state index contributed by atoms with van der Waals surface area (Å²) in [5, 5.41) is 10.2. The van der Waals surface area contributed by atoms with Crippen LogP contribution in [0.5, 0.6) is 0 Å². The molecule has 26 heavy (non-hydrogen) atoms. The number of benzene rings is 2. The monoisotopic (exact) mass is 420 g/mol. The Kier molecular flexibility index (Phi) is 6.69. The lowest BCUT2D eigenvalue weighted by Crippen LogP contribution is -2.14. The van der Waals surface area contributed by atoms with Crippen molar-refractivity contribution in [2.45, 2.75) is 23.0 Å². The normalized spacial score (nSPS) is 12.4. The van der Waals surface area contributed by atoms with E-state index in [2.05, 4.69) is 0 Å². The summed E-state index contributed by atoms with van der Waals surface area (Å²) in [5.41, 5.74) is 0.448. The van der Waals surface area contributed by atoms with E-state index in [1.165, 1.54) is 36.4 Å². The van der Waals surface area contributed by atoms with E-state index < -0.39 is 28.3 Å². The lowest BCUT2D eigenvalue weighted by molar-refractivity contribution is 0.210.